The maximum atomic E-state index is 13.5. The van der Waals surface area contributed by atoms with Gasteiger partial charge in [0.25, 0.3) is 0 Å². The van der Waals surface area contributed by atoms with Crippen LogP contribution in [0.5, 0.6) is 0 Å². The van der Waals surface area contributed by atoms with Crippen LogP contribution < -0.4 is 0 Å². The summed E-state index contributed by atoms with van der Waals surface area (Å²) in [6.45, 7) is 0.173. The number of aliphatic hydroxyl groups is 3. The first kappa shape index (κ1) is 25.4. The maximum Gasteiger partial charge on any atom is 0.233 e. The van der Waals surface area contributed by atoms with Crippen LogP contribution in [0.4, 0.5) is 0 Å². The van der Waals surface area contributed by atoms with Crippen LogP contribution in [-0.4, -0.2) is 75.3 Å². The topological polar surface area (TPSA) is 142 Å². The minimum Gasteiger partial charge on any atom is -0.467 e. The van der Waals surface area contributed by atoms with E-state index in [9.17, 15) is 24.9 Å². The lowest BCUT2D eigenvalue weighted by Crippen LogP contribution is -2.54. The number of carbonyl (C=O) groups excluding carboxylic acids is 2. The summed E-state index contributed by atoms with van der Waals surface area (Å²) in [4.78, 5) is 33.7. The van der Waals surface area contributed by atoms with Crippen molar-refractivity contribution in [1.29, 1.82) is 0 Å². The third-order valence-electron chi connectivity index (χ3n) is 8.34. The minimum atomic E-state index is -1.11. The Morgan fingerprint density at radius 2 is 1.83 bits per heavy atom. The lowest BCUT2D eigenvalue weighted by Gasteiger charge is -2.45. The molecule has 0 unspecified atom stereocenters. The van der Waals surface area contributed by atoms with Crippen LogP contribution in [0.15, 0.2) is 28.0 Å². The van der Waals surface area contributed by atoms with E-state index >= 15 is 0 Å². The molecule has 0 bridgehead atoms. The highest BCUT2D eigenvalue weighted by atomic mass is 16.6. The van der Waals surface area contributed by atoms with Gasteiger partial charge in [0, 0.05) is 24.3 Å². The summed E-state index contributed by atoms with van der Waals surface area (Å²) in [5.41, 5.74) is 0.566. The van der Waals surface area contributed by atoms with E-state index in [1.165, 1.54) is 4.90 Å². The molecule has 0 radical (unpaired) electrons. The number of carbonyl (C=O) groups is 2. The Kier molecular flexibility index (Phi) is 7.76. The van der Waals surface area contributed by atoms with E-state index in [1.807, 2.05) is 0 Å². The number of amides is 2. The zero-order valence-corrected chi connectivity index (χ0v) is 20.4. The molecule has 198 valence electrons. The van der Waals surface area contributed by atoms with Crippen LogP contribution in [0.25, 0.3) is 0 Å². The van der Waals surface area contributed by atoms with Crippen LogP contribution >= 0.6 is 0 Å². The molecule has 2 amide bonds. The van der Waals surface area contributed by atoms with Crippen molar-refractivity contribution in [3.05, 3.63) is 24.2 Å². The summed E-state index contributed by atoms with van der Waals surface area (Å²) in [6, 6.07) is 3.48. The SMILES string of the molecule is O=C1[C@H]2[C@H]3[C@H](O)[C@H](O)CC(=NOC[C@@H](O)COCc4ccco4)[C@H]3CC[C@H]2C(=O)N1C1CCCCC1. The highest BCUT2D eigenvalue weighted by Gasteiger charge is 2.60. The smallest absolute Gasteiger partial charge is 0.233 e. The van der Waals surface area contributed by atoms with E-state index in [2.05, 4.69) is 5.16 Å². The van der Waals surface area contributed by atoms with Gasteiger partial charge < -0.3 is 29.3 Å². The van der Waals surface area contributed by atoms with Crippen molar-refractivity contribution in [3.63, 3.8) is 0 Å². The van der Waals surface area contributed by atoms with Crippen molar-refractivity contribution < 1.29 is 38.9 Å². The zero-order valence-electron chi connectivity index (χ0n) is 20.4. The highest BCUT2D eigenvalue weighted by molar-refractivity contribution is 6.06. The Morgan fingerprint density at radius 1 is 1.06 bits per heavy atom. The van der Waals surface area contributed by atoms with Gasteiger partial charge in [-0.05, 0) is 37.8 Å². The fourth-order valence-corrected chi connectivity index (χ4v) is 6.64. The Bertz CT molecular complexity index is 944. The number of furan rings is 1. The number of fused-ring (bicyclic) bond motifs is 3. The summed E-state index contributed by atoms with van der Waals surface area (Å²) in [6.07, 6.45) is 4.52. The molecule has 10 nitrogen and oxygen atoms in total. The van der Waals surface area contributed by atoms with Crippen LogP contribution in [-0.2, 0) is 25.8 Å². The zero-order chi connectivity index (χ0) is 25.2. The quantitative estimate of drug-likeness (QED) is 0.358. The normalized spacial score (nSPS) is 35.1. The summed E-state index contributed by atoms with van der Waals surface area (Å²) in [5.74, 6) is -1.60. The molecule has 1 saturated heterocycles. The van der Waals surface area contributed by atoms with Gasteiger partial charge in [0.2, 0.25) is 11.8 Å². The maximum absolute atomic E-state index is 13.5. The molecular formula is C26H36N2O8. The summed E-state index contributed by atoms with van der Waals surface area (Å²) >= 11 is 0. The van der Waals surface area contributed by atoms with E-state index in [1.54, 1.807) is 18.4 Å². The van der Waals surface area contributed by atoms with Crippen LogP contribution in [0, 0.1) is 23.7 Å². The van der Waals surface area contributed by atoms with Gasteiger partial charge in [-0.2, -0.15) is 0 Å². The number of hydrogen-bond donors (Lipinski definition) is 3. The molecule has 4 fully saturated rings. The molecule has 10 heteroatoms. The van der Waals surface area contributed by atoms with Gasteiger partial charge in [-0.3, -0.25) is 14.5 Å². The predicted octanol–water partition coefficient (Wildman–Crippen LogP) is 1.62. The van der Waals surface area contributed by atoms with Crippen molar-refractivity contribution >= 4 is 17.5 Å². The fourth-order valence-electron chi connectivity index (χ4n) is 6.64. The third-order valence-corrected chi connectivity index (χ3v) is 8.34. The number of rotatable bonds is 8. The van der Waals surface area contributed by atoms with Gasteiger partial charge in [-0.1, -0.05) is 24.4 Å². The van der Waals surface area contributed by atoms with Crippen molar-refractivity contribution in [2.75, 3.05) is 13.2 Å². The number of oxime groups is 1. The number of aliphatic hydroxyl groups excluding tert-OH is 3. The van der Waals surface area contributed by atoms with E-state index < -0.39 is 36.1 Å². The monoisotopic (exact) mass is 504 g/mol. The molecule has 3 N–H and O–H groups in total. The van der Waals surface area contributed by atoms with Gasteiger partial charge in [-0.25, -0.2) is 0 Å². The molecule has 1 aromatic heterocycles. The van der Waals surface area contributed by atoms with Crippen LogP contribution in [0.1, 0.15) is 57.1 Å². The molecule has 3 aliphatic carbocycles. The number of likely N-dealkylation sites (tertiary alicyclic amines) is 1. The van der Waals surface area contributed by atoms with Gasteiger partial charge in [0.05, 0.1) is 42.6 Å². The predicted molar refractivity (Wildman–Crippen MR) is 126 cm³/mol. The van der Waals surface area contributed by atoms with E-state index in [4.69, 9.17) is 14.0 Å². The molecule has 36 heavy (non-hydrogen) atoms. The van der Waals surface area contributed by atoms with Gasteiger partial charge in [-0.15, -0.1) is 0 Å². The van der Waals surface area contributed by atoms with Gasteiger partial charge in [0.15, 0.2) is 0 Å². The lowest BCUT2D eigenvalue weighted by molar-refractivity contribution is -0.145. The Morgan fingerprint density at radius 3 is 2.58 bits per heavy atom. The Hall–Kier alpha value is -2.27. The molecule has 0 aromatic carbocycles. The Balaban J connectivity index is 1.23. The molecule has 2 heterocycles. The van der Waals surface area contributed by atoms with E-state index in [-0.39, 0.29) is 50.0 Å². The summed E-state index contributed by atoms with van der Waals surface area (Å²) in [5, 5.41) is 35.9. The first-order valence-electron chi connectivity index (χ1n) is 13.2. The third kappa shape index (κ3) is 4.96. The second-order valence-electron chi connectivity index (χ2n) is 10.6. The minimum absolute atomic E-state index is 0.0380. The second kappa shape index (κ2) is 11.0. The average molecular weight is 505 g/mol. The second-order valence-corrected chi connectivity index (χ2v) is 10.6. The van der Waals surface area contributed by atoms with E-state index in [0.717, 1.165) is 32.1 Å². The number of ether oxygens (including phenoxy) is 1. The number of nitrogens with zero attached hydrogens (tertiary/aromatic N) is 2. The largest absolute Gasteiger partial charge is 0.467 e. The molecule has 5 rings (SSSR count). The number of imide groups is 1. The van der Waals surface area contributed by atoms with Crippen LogP contribution in [0.2, 0.25) is 0 Å². The van der Waals surface area contributed by atoms with Crippen molar-refractivity contribution in [2.45, 2.75) is 82.3 Å². The van der Waals surface area contributed by atoms with E-state index in [0.29, 0.717) is 24.3 Å². The average Bonchev–Trinajstić information content (AvgIpc) is 3.48. The summed E-state index contributed by atoms with van der Waals surface area (Å²) in [7, 11) is 0. The lowest BCUT2D eigenvalue weighted by atomic mass is 9.60. The van der Waals surface area contributed by atoms with Crippen LogP contribution in [0.3, 0.4) is 0 Å². The molecule has 1 aliphatic heterocycles. The molecule has 7 atom stereocenters. The first-order valence-corrected chi connectivity index (χ1v) is 13.2. The fraction of sp³-hybridized carbons (Fsp3) is 0.731. The highest BCUT2D eigenvalue weighted by Crippen LogP contribution is 2.50. The molecule has 0 spiro atoms. The standard InChI is InChI=1S/C26H36N2O8/c29-16(12-34-14-17-7-4-10-35-17)13-36-27-20-11-21(30)24(31)22-18(20)8-9-19-23(22)26(33)28(25(19)32)15-5-2-1-3-6-15/h4,7,10,15-16,18-19,21-24,29-31H,1-3,5-6,8-9,11-14H2/t16-,18+,19+,21+,22-,23+,24+/m0/s1. The van der Waals surface area contributed by atoms with Crippen molar-refractivity contribution in [1.82, 2.24) is 4.90 Å². The number of hydrogen-bond acceptors (Lipinski definition) is 9. The summed E-state index contributed by atoms with van der Waals surface area (Å²) < 4.78 is 10.6. The molecule has 3 saturated carbocycles. The van der Waals surface area contributed by atoms with Gasteiger partial charge >= 0.3 is 0 Å². The molecule has 1 aromatic rings. The Labute approximate surface area is 210 Å². The molecular weight excluding hydrogens is 468 g/mol. The van der Waals surface area contributed by atoms with Gasteiger partial charge in [0.1, 0.15) is 25.1 Å². The van der Waals surface area contributed by atoms with Crippen molar-refractivity contribution in [3.8, 4) is 0 Å². The first-order chi connectivity index (χ1) is 17.5. The molecule has 4 aliphatic rings. The van der Waals surface area contributed by atoms with Crippen molar-refractivity contribution in [2.24, 2.45) is 28.8 Å².